The van der Waals surface area contributed by atoms with E-state index in [-0.39, 0.29) is 5.03 Å². The van der Waals surface area contributed by atoms with Crippen LogP contribution in [-0.4, -0.2) is 28.3 Å². The van der Waals surface area contributed by atoms with Crippen molar-refractivity contribution in [2.24, 2.45) is 0 Å². The zero-order chi connectivity index (χ0) is 15.1. The van der Waals surface area contributed by atoms with E-state index in [9.17, 15) is 4.91 Å². The van der Waals surface area contributed by atoms with Gasteiger partial charge in [-0.25, -0.2) is 5.21 Å². The van der Waals surface area contributed by atoms with E-state index >= 15 is 0 Å². The Morgan fingerprint density at radius 2 is 1.05 bits per heavy atom. The molecule has 0 saturated carbocycles. The summed E-state index contributed by atoms with van der Waals surface area (Å²) in [5.41, 5.74) is 0. The molecule has 0 radical (unpaired) electrons. The van der Waals surface area contributed by atoms with Crippen LogP contribution in [0, 0.1) is 4.91 Å². The van der Waals surface area contributed by atoms with Crippen molar-refractivity contribution < 1.29 is 10.2 Å². The van der Waals surface area contributed by atoms with Gasteiger partial charge in [-0.2, -0.15) is 0 Å². The van der Waals surface area contributed by atoms with E-state index in [4.69, 9.17) is 5.21 Å². The predicted molar refractivity (Wildman–Crippen MR) is 83.7 cm³/mol. The predicted octanol–water partition coefficient (Wildman–Crippen LogP) is 5.09. The third kappa shape index (κ3) is 12.2. The molecule has 0 unspecified atom stereocenters. The Bertz CT molecular complexity index is 207. The molecule has 0 aromatic rings. The van der Waals surface area contributed by atoms with Crippen LogP contribution in [0.5, 0.6) is 0 Å². The molecule has 0 aromatic heterocycles. The van der Waals surface area contributed by atoms with Gasteiger partial charge in [0.25, 0.3) is 0 Å². The molecule has 0 heterocycles. The fourth-order valence-electron chi connectivity index (χ4n) is 2.43. The quantitative estimate of drug-likeness (QED) is 0.337. The maximum Gasteiger partial charge on any atom is 0.357 e. The molecule has 0 fully saturated rings. The highest BCUT2D eigenvalue weighted by Crippen LogP contribution is 2.08. The Morgan fingerprint density at radius 1 is 0.700 bits per heavy atom. The summed E-state index contributed by atoms with van der Waals surface area (Å²) in [7, 11) is 0. The van der Waals surface area contributed by atoms with Crippen LogP contribution in [0.2, 0.25) is 0 Å². The molecule has 0 rings (SSSR count). The summed E-state index contributed by atoms with van der Waals surface area (Å²) in [6.07, 6.45) is 14.5. The van der Waals surface area contributed by atoms with Crippen molar-refractivity contribution in [2.75, 3.05) is 13.1 Å². The van der Waals surface area contributed by atoms with Crippen molar-refractivity contribution in [2.45, 2.75) is 90.9 Å². The summed E-state index contributed by atoms with van der Waals surface area (Å²) < 4.78 is 0. The molecular weight excluding hydrogens is 252 g/mol. The second-order valence-corrected chi connectivity index (χ2v) is 5.74. The summed E-state index contributed by atoms with van der Waals surface area (Å²) in [5.74, 6) is 0. The van der Waals surface area contributed by atoms with Gasteiger partial charge in [-0.3, -0.25) is 0 Å². The molecule has 1 N–H and O–H groups in total. The highest BCUT2D eigenvalue weighted by molar-refractivity contribution is 4.51. The molecule has 0 aliphatic carbocycles. The van der Waals surface area contributed by atoms with Crippen LogP contribution in [0.15, 0.2) is 0 Å². The molecule has 0 bridgehead atoms. The topological polar surface area (TPSA) is 43.5 Å². The van der Waals surface area contributed by atoms with E-state index in [0.29, 0.717) is 13.1 Å². The first-order chi connectivity index (χ1) is 9.72. The first-order valence-electron chi connectivity index (χ1n) is 8.63. The Morgan fingerprint density at radius 3 is 1.40 bits per heavy atom. The van der Waals surface area contributed by atoms with Gasteiger partial charge >= 0.3 is 5.03 Å². The molecule has 0 atom stereocenters. The molecule has 0 saturated heterocycles. The Hall–Kier alpha value is -0.800. The minimum absolute atomic E-state index is 0.0398. The molecule has 4 heteroatoms. The van der Waals surface area contributed by atoms with Crippen LogP contribution in [0.25, 0.3) is 0 Å². The monoisotopic (exact) mass is 287 g/mol. The molecule has 120 valence electrons. The molecule has 0 aliphatic rings. The molecule has 0 aliphatic heterocycles. The number of hydrogen-bond donors (Lipinski definition) is 1. The van der Waals surface area contributed by atoms with Gasteiger partial charge in [0.1, 0.15) is 4.91 Å². The second-order valence-electron chi connectivity index (χ2n) is 5.74. The highest BCUT2D eigenvalue weighted by atomic mass is 16.7. The maximum atomic E-state index is 11.1. The lowest BCUT2D eigenvalue weighted by atomic mass is 10.1. The van der Waals surface area contributed by atoms with E-state index in [1.807, 2.05) is 0 Å². The summed E-state index contributed by atoms with van der Waals surface area (Å²) in [6, 6.07) is 0. The van der Waals surface area contributed by atoms with Crippen molar-refractivity contribution in [3.05, 3.63) is 4.91 Å². The Kier molecular flexibility index (Phi) is 14.0. The van der Waals surface area contributed by atoms with Crippen molar-refractivity contribution >= 4 is 0 Å². The smallest absolute Gasteiger partial charge is 0.219 e. The minimum Gasteiger partial charge on any atom is -0.219 e. The van der Waals surface area contributed by atoms with Crippen molar-refractivity contribution in [3.8, 4) is 0 Å². The lowest BCUT2D eigenvalue weighted by Crippen LogP contribution is -2.33. The SMILES string of the molecule is CCCCCCCCN(CCCCCCCC)[N+](=O)O. The third-order valence-corrected chi connectivity index (χ3v) is 3.78. The molecule has 0 spiro atoms. The van der Waals surface area contributed by atoms with E-state index in [2.05, 4.69) is 13.8 Å². The van der Waals surface area contributed by atoms with Crippen LogP contribution in [-0.2, 0) is 0 Å². The molecule has 0 aromatic carbocycles. The van der Waals surface area contributed by atoms with Gasteiger partial charge in [0.15, 0.2) is 0 Å². The zero-order valence-corrected chi connectivity index (χ0v) is 13.6. The van der Waals surface area contributed by atoms with Gasteiger partial charge in [0, 0.05) is 0 Å². The number of hydrogen-bond acceptors (Lipinski definition) is 1. The van der Waals surface area contributed by atoms with Crippen molar-refractivity contribution in [3.63, 3.8) is 0 Å². The first kappa shape index (κ1) is 19.2. The van der Waals surface area contributed by atoms with E-state index in [1.54, 1.807) is 0 Å². The zero-order valence-electron chi connectivity index (χ0n) is 13.6. The molecule has 0 amide bonds. The van der Waals surface area contributed by atoms with Crippen LogP contribution in [0.1, 0.15) is 90.9 Å². The highest BCUT2D eigenvalue weighted by Gasteiger charge is 2.17. The van der Waals surface area contributed by atoms with Crippen LogP contribution < -0.4 is 0 Å². The standard InChI is InChI=1S/C16H35N2O2/c1-3-5-7-9-11-13-15-17(18(19)20)16-14-12-10-8-6-4-2/h3-16H2,1-2H3,(H,19,20)/q+1. The molecular formula is C16H35N2O2+. The fourth-order valence-corrected chi connectivity index (χ4v) is 2.43. The van der Waals surface area contributed by atoms with Gasteiger partial charge in [-0.15, -0.1) is 0 Å². The van der Waals surface area contributed by atoms with Crippen LogP contribution >= 0.6 is 0 Å². The molecule has 4 nitrogen and oxygen atoms in total. The van der Waals surface area contributed by atoms with Gasteiger partial charge in [-0.1, -0.05) is 83.1 Å². The van der Waals surface area contributed by atoms with E-state index in [1.165, 1.54) is 56.4 Å². The van der Waals surface area contributed by atoms with Crippen molar-refractivity contribution in [1.82, 2.24) is 5.01 Å². The Balaban J connectivity index is 3.53. The summed E-state index contributed by atoms with van der Waals surface area (Å²) in [5, 5.41) is 10.7. The maximum absolute atomic E-state index is 11.1. The normalized spacial score (nSPS) is 10.7. The Labute approximate surface area is 125 Å². The fraction of sp³-hybridized carbons (Fsp3) is 1.00. The molecule has 20 heavy (non-hydrogen) atoms. The van der Waals surface area contributed by atoms with E-state index in [0.717, 1.165) is 25.7 Å². The number of hydrazine groups is 1. The number of unbranched alkanes of at least 4 members (excludes halogenated alkanes) is 10. The van der Waals surface area contributed by atoms with Gasteiger partial charge in [0.2, 0.25) is 0 Å². The van der Waals surface area contributed by atoms with Gasteiger partial charge < -0.3 is 0 Å². The summed E-state index contributed by atoms with van der Waals surface area (Å²) >= 11 is 0. The minimum atomic E-state index is 0.0398. The number of nitrogens with zero attached hydrogens (tertiary/aromatic N) is 2. The lowest BCUT2D eigenvalue weighted by molar-refractivity contribution is -0.902. The largest absolute Gasteiger partial charge is 0.357 e. The first-order valence-corrected chi connectivity index (χ1v) is 8.63. The number of rotatable bonds is 15. The van der Waals surface area contributed by atoms with Crippen molar-refractivity contribution in [1.29, 1.82) is 0 Å². The van der Waals surface area contributed by atoms with Gasteiger partial charge in [0.05, 0.1) is 13.1 Å². The second kappa shape index (κ2) is 14.6. The summed E-state index contributed by atoms with van der Waals surface area (Å²) in [6.45, 7) is 5.79. The van der Waals surface area contributed by atoms with E-state index < -0.39 is 0 Å². The average Bonchev–Trinajstić information content (AvgIpc) is 2.43. The van der Waals surface area contributed by atoms with Crippen LogP contribution in [0.4, 0.5) is 0 Å². The van der Waals surface area contributed by atoms with Gasteiger partial charge in [-0.05, 0) is 12.8 Å². The third-order valence-electron chi connectivity index (χ3n) is 3.78. The lowest BCUT2D eigenvalue weighted by Gasteiger charge is -2.10. The summed E-state index contributed by atoms with van der Waals surface area (Å²) in [4.78, 5) is 11.1. The van der Waals surface area contributed by atoms with Crippen LogP contribution in [0.3, 0.4) is 0 Å². The average molecular weight is 287 g/mol.